The fraction of sp³-hybridized carbons (Fsp3) is 0.696. The number of phenolic OH excluding ortho intramolecular Hbond substituents is 1. The highest BCUT2D eigenvalue weighted by Crippen LogP contribution is 2.42. The number of hydrogen-bond acceptors (Lipinski definition) is 5. The van der Waals surface area contributed by atoms with Crippen molar-refractivity contribution in [3.63, 3.8) is 0 Å². The normalized spacial score (nSPS) is 21.4. The van der Waals surface area contributed by atoms with E-state index in [1.807, 2.05) is 17.0 Å². The summed E-state index contributed by atoms with van der Waals surface area (Å²) in [7, 11) is 1.75. The SMILES string of the molecule is COCCN(C[C@H]1CC2(CCN(C(=O)Cc3ccc(O)cc3)CC2)CO1)C(C)C. The summed E-state index contributed by atoms with van der Waals surface area (Å²) in [4.78, 5) is 17.1. The van der Waals surface area contributed by atoms with E-state index in [1.165, 1.54) is 0 Å². The van der Waals surface area contributed by atoms with Gasteiger partial charge in [0, 0.05) is 39.3 Å². The number of ether oxygens (including phenoxy) is 2. The van der Waals surface area contributed by atoms with Crippen LogP contribution in [0.15, 0.2) is 24.3 Å². The van der Waals surface area contributed by atoms with Crippen molar-refractivity contribution in [2.45, 2.75) is 51.7 Å². The lowest BCUT2D eigenvalue weighted by atomic mass is 9.76. The predicted octanol–water partition coefficient (Wildman–Crippen LogP) is 2.69. The molecule has 6 nitrogen and oxygen atoms in total. The monoisotopic (exact) mass is 404 g/mol. The highest BCUT2D eigenvalue weighted by atomic mass is 16.5. The second-order valence-corrected chi connectivity index (χ2v) is 8.94. The maximum absolute atomic E-state index is 12.7. The molecule has 0 aliphatic carbocycles. The maximum Gasteiger partial charge on any atom is 0.226 e. The number of rotatable bonds is 8. The van der Waals surface area contributed by atoms with Crippen molar-refractivity contribution >= 4 is 5.91 Å². The molecule has 2 aliphatic heterocycles. The fourth-order valence-corrected chi connectivity index (χ4v) is 4.52. The first-order valence-electron chi connectivity index (χ1n) is 10.8. The minimum absolute atomic E-state index is 0.173. The van der Waals surface area contributed by atoms with Crippen molar-refractivity contribution < 1.29 is 19.4 Å². The lowest BCUT2D eigenvalue weighted by Gasteiger charge is -2.38. The number of aromatic hydroxyl groups is 1. The third-order valence-electron chi connectivity index (χ3n) is 6.51. The van der Waals surface area contributed by atoms with Gasteiger partial charge in [-0.25, -0.2) is 0 Å². The Bertz CT molecular complexity index is 653. The molecule has 29 heavy (non-hydrogen) atoms. The molecule has 1 amide bonds. The zero-order valence-corrected chi connectivity index (χ0v) is 18.1. The summed E-state index contributed by atoms with van der Waals surface area (Å²) in [5.74, 6) is 0.404. The average Bonchev–Trinajstić information content (AvgIpc) is 3.09. The molecule has 2 fully saturated rings. The van der Waals surface area contributed by atoms with E-state index in [2.05, 4.69) is 18.7 Å². The number of carbonyl (C=O) groups is 1. The van der Waals surface area contributed by atoms with Crippen molar-refractivity contribution in [3.05, 3.63) is 29.8 Å². The molecule has 0 aromatic heterocycles. The van der Waals surface area contributed by atoms with Crippen LogP contribution >= 0.6 is 0 Å². The van der Waals surface area contributed by atoms with Crippen molar-refractivity contribution in [2.75, 3.05) is 46.5 Å². The molecule has 1 aromatic carbocycles. The summed E-state index contributed by atoms with van der Waals surface area (Å²) in [6, 6.07) is 7.38. The first-order chi connectivity index (χ1) is 13.9. The van der Waals surface area contributed by atoms with Crippen LogP contribution in [0.5, 0.6) is 5.75 Å². The fourth-order valence-electron chi connectivity index (χ4n) is 4.52. The lowest BCUT2D eigenvalue weighted by Crippen LogP contribution is -2.44. The van der Waals surface area contributed by atoms with Crippen LogP contribution in [0.4, 0.5) is 0 Å². The summed E-state index contributed by atoms with van der Waals surface area (Å²) in [6.07, 6.45) is 3.79. The second kappa shape index (κ2) is 9.92. The van der Waals surface area contributed by atoms with Crippen LogP contribution in [0.3, 0.4) is 0 Å². The minimum Gasteiger partial charge on any atom is -0.508 e. The Morgan fingerprint density at radius 2 is 2.00 bits per heavy atom. The van der Waals surface area contributed by atoms with Crippen LogP contribution in [-0.4, -0.2) is 79.5 Å². The van der Waals surface area contributed by atoms with Gasteiger partial charge in [-0.05, 0) is 56.2 Å². The molecule has 0 unspecified atom stereocenters. The van der Waals surface area contributed by atoms with Crippen LogP contribution in [0.1, 0.15) is 38.7 Å². The molecule has 2 saturated heterocycles. The van der Waals surface area contributed by atoms with Gasteiger partial charge >= 0.3 is 0 Å². The Balaban J connectivity index is 1.47. The number of benzene rings is 1. The van der Waals surface area contributed by atoms with Gasteiger partial charge in [-0.3, -0.25) is 9.69 Å². The molecule has 1 spiro atoms. The standard InChI is InChI=1S/C23H36N2O4/c1-18(2)25(12-13-28-3)16-21-15-23(17-29-21)8-10-24(11-9-23)22(27)14-19-4-6-20(26)7-5-19/h4-7,18,21,26H,8-17H2,1-3H3/t21-/m1/s1. The van der Waals surface area contributed by atoms with Gasteiger partial charge in [-0.2, -0.15) is 0 Å². The number of nitrogens with zero attached hydrogens (tertiary/aromatic N) is 2. The Labute approximate surface area is 174 Å². The quantitative estimate of drug-likeness (QED) is 0.722. The molecule has 0 bridgehead atoms. The van der Waals surface area contributed by atoms with Crippen molar-refractivity contribution in [2.24, 2.45) is 5.41 Å². The van der Waals surface area contributed by atoms with E-state index in [4.69, 9.17) is 9.47 Å². The number of phenols is 1. The minimum atomic E-state index is 0.173. The number of methoxy groups -OCH3 is 1. The number of piperidine rings is 1. The van der Waals surface area contributed by atoms with Crippen molar-refractivity contribution in [1.29, 1.82) is 0 Å². The number of amides is 1. The van der Waals surface area contributed by atoms with E-state index in [0.29, 0.717) is 12.5 Å². The summed E-state index contributed by atoms with van der Waals surface area (Å²) in [5, 5.41) is 9.39. The van der Waals surface area contributed by atoms with Crippen LogP contribution < -0.4 is 0 Å². The maximum atomic E-state index is 12.7. The Kier molecular flexibility index (Phi) is 7.55. The third kappa shape index (κ3) is 5.93. The molecule has 2 aliphatic rings. The second-order valence-electron chi connectivity index (χ2n) is 8.94. The number of carbonyl (C=O) groups excluding carboxylic acids is 1. The van der Waals surface area contributed by atoms with Crippen LogP contribution in [0.25, 0.3) is 0 Å². The first kappa shape index (κ1) is 22.1. The van der Waals surface area contributed by atoms with E-state index in [9.17, 15) is 9.90 Å². The molecular formula is C23H36N2O4. The van der Waals surface area contributed by atoms with Crippen LogP contribution in [0, 0.1) is 5.41 Å². The zero-order valence-electron chi connectivity index (χ0n) is 18.1. The van der Waals surface area contributed by atoms with Crippen molar-refractivity contribution in [3.8, 4) is 5.75 Å². The van der Waals surface area contributed by atoms with Crippen LogP contribution in [0.2, 0.25) is 0 Å². The number of hydrogen-bond donors (Lipinski definition) is 1. The molecule has 1 N–H and O–H groups in total. The number of likely N-dealkylation sites (tertiary alicyclic amines) is 1. The smallest absolute Gasteiger partial charge is 0.226 e. The summed E-state index contributed by atoms with van der Waals surface area (Å²) >= 11 is 0. The summed E-state index contributed by atoms with van der Waals surface area (Å²) < 4.78 is 11.4. The third-order valence-corrected chi connectivity index (χ3v) is 6.51. The van der Waals surface area contributed by atoms with E-state index in [-0.39, 0.29) is 23.2 Å². The van der Waals surface area contributed by atoms with Gasteiger partial charge in [0.2, 0.25) is 5.91 Å². The highest BCUT2D eigenvalue weighted by Gasteiger charge is 2.43. The molecular weight excluding hydrogens is 368 g/mol. The van der Waals surface area contributed by atoms with Gasteiger partial charge in [-0.1, -0.05) is 12.1 Å². The lowest BCUT2D eigenvalue weighted by molar-refractivity contribution is -0.132. The van der Waals surface area contributed by atoms with E-state index < -0.39 is 0 Å². The molecule has 1 atom stereocenters. The van der Waals surface area contributed by atoms with E-state index in [1.54, 1.807) is 19.2 Å². The highest BCUT2D eigenvalue weighted by molar-refractivity contribution is 5.78. The predicted molar refractivity (Wildman–Crippen MR) is 113 cm³/mol. The van der Waals surface area contributed by atoms with Gasteiger partial charge in [0.15, 0.2) is 0 Å². The average molecular weight is 405 g/mol. The van der Waals surface area contributed by atoms with Gasteiger partial charge in [0.25, 0.3) is 0 Å². The van der Waals surface area contributed by atoms with Crippen molar-refractivity contribution in [1.82, 2.24) is 9.80 Å². The van der Waals surface area contributed by atoms with Gasteiger partial charge in [0.1, 0.15) is 5.75 Å². The Morgan fingerprint density at radius 1 is 1.31 bits per heavy atom. The van der Waals surface area contributed by atoms with Gasteiger partial charge < -0.3 is 19.5 Å². The molecule has 162 valence electrons. The Morgan fingerprint density at radius 3 is 2.62 bits per heavy atom. The van der Waals surface area contributed by atoms with E-state index in [0.717, 1.165) is 64.2 Å². The Hall–Kier alpha value is -1.63. The molecule has 6 heteroatoms. The molecule has 2 heterocycles. The largest absolute Gasteiger partial charge is 0.508 e. The molecule has 0 radical (unpaired) electrons. The van der Waals surface area contributed by atoms with Gasteiger partial charge in [-0.15, -0.1) is 0 Å². The molecule has 3 rings (SSSR count). The summed E-state index contributed by atoms with van der Waals surface area (Å²) in [5.41, 5.74) is 1.17. The molecule has 0 saturated carbocycles. The topological polar surface area (TPSA) is 62.2 Å². The first-order valence-corrected chi connectivity index (χ1v) is 10.8. The van der Waals surface area contributed by atoms with Crippen LogP contribution in [-0.2, 0) is 20.7 Å². The van der Waals surface area contributed by atoms with Gasteiger partial charge in [0.05, 0.1) is 25.7 Å². The zero-order chi connectivity index (χ0) is 20.9. The summed E-state index contributed by atoms with van der Waals surface area (Å²) in [6.45, 7) is 9.50. The molecule has 1 aromatic rings. The van der Waals surface area contributed by atoms with E-state index >= 15 is 0 Å².